The molecule has 0 aliphatic carbocycles. The topological polar surface area (TPSA) is 94.5 Å². The minimum absolute atomic E-state index is 0.0668. The predicted molar refractivity (Wildman–Crippen MR) is 145 cm³/mol. The first-order valence-electron chi connectivity index (χ1n) is 11.5. The highest BCUT2D eigenvalue weighted by atomic mass is 35.5. The number of rotatable bonds is 8. The summed E-state index contributed by atoms with van der Waals surface area (Å²) in [4.78, 5) is 28.3. The summed E-state index contributed by atoms with van der Waals surface area (Å²) in [6, 6.07) is 13.6. The van der Waals surface area contributed by atoms with Crippen LogP contribution in [0.1, 0.15) is 24.1 Å². The molecule has 1 saturated heterocycles. The number of carbonyl (C=O) groups excluding carboxylic acids is 2. The summed E-state index contributed by atoms with van der Waals surface area (Å²) in [7, 11) is 4.38. The van der Waals surface area contributed by atoms with E-state index in [1.807, 2.05) is 6.92 Å². The highest BCUT2D eigenvalue weighted by Crippen LogP contribution is 2.46. The van der Waals surface area contributed by atoms with Gasteiger partial charge in [-0.3, -0.25) is 14.5 Å². The average molecular weight is 558 g/mol. The molecule has 1 atom stereocenters. The Morgan fingerprint density at radius 3 is 2.37 bits per heavy atom. The molecule has 8 nitrogen and oxygen atoms in total. The molecule has 3 aromatic carbocycles. The van der Waals surface area contributed by atoms with Gasteiger partial charge in [0.25, 0.3) is 11.7 Å². The number of ketones is 1. The summed E-state index contributed by atoms with van der Waals surface area (Å²) >= 11 is 12.5. The number of hydrogen-bond donors (Lipinski definition) is 1. The normalized spacial score (nSPS) is 16.5. The monoisotopic (exact) mass is 557 g/mol. The summed E-state index contributed by atoms with van der Waals surface area (Å²) in [5.74, 6) is -0.771. The maximum Gasteiger partial charge on any atom is 0.300 e. The first-order valence-corrected chi connectivity index (χ1v) is 12.3. The Morgan fingerprint density at radius 2 is 1.71 bits per heavy atom. The molecule has 1 heterocycles. The van der Waals surface area contributed by atoms with Crippen LogP contribution in [0.2, 0.25) is 10.0 Å². The van der Waals surface area contributed by atoms with Gasteiger partial charge in [-0.2, -0.15) is 0 Å². The summed E-state index contributed by atoms with van der Waals surface area (Å²) < 4.78 is 21.9. The second-order valence-electron chi connectivity index (χ2n) is 8.18. The van der Waals surface area contributed by atoms with E-state index in [9.17, 15) is 14.7 Å². The zero-order chi connectivity index (χ0) is 27.6. The van der Waals surface area contributed by atoms with Gasteiger partial charge in [-0.15, -0.1) is 0 Å². The van der Waals surface area contributed by atoms with Crippen molar-refractivity contribution in [1.29, 1.82) is 0 Å². The van der Waals surface area contributed by atoms with Crippen molar-refractivity contribution in [2.45, 2.75) is 13.0 Å². The molecular weight excluding hydrogens is 533 g/mol. The van der Waals surface area contributed by atoms with E-state index in [1.165, 1.54) is 38.4 Å². The van der Waals surface area contributed by atoms with Gasteiger partial charge in [-0.25, -0.2) is 0 Å². The lowest BCUT2D eigenvalue weighted by Crippen LogP contribution is -2.29. The lowest BCUT2D eigenvalue weighted by molar-refractivity contribution is -0.132. The molecule has 0 bridgehead atoms. The van der Waals surface area contributed by atoms with E-state index in [2.05, 4.69) is 0 Å². The number of nitrogens with zero attached hydrogens (tertiary/aromatic N) is 1. The van der Waals surface area contributed by atoms with E-state index in [1.54, 1.807) is 42.5 Å². The standard InChI is InChI=1S/C28H25Cl2NO7/c1-5-38-22-11-15(9-10-21(22)36-3)24-23(25(32)19-12-16(29)13-20(30)27(19)37-4)26(33)28(34)31(24)17-7-6-8-18(14-17)35-2/h6-14,24,32H,5H2,1-4H3/b25-23+. The van der Waals surface area contributed by atoms with Gasteiger partial charge in [-0.1, -0.05) is 35.3 Å². The largest absolute Gasteiger partial charge is 0.507 e. The van der Waals surface area contributed by atoms with Gasteiger partial charge in [0.2, 0.25) is 0 Å². The third-order valence-electron chi connectivity index (χ3n) is 6.05. The molecule has 198 valence electrons. The number of aliphatic hydroxyl groups excluding tert-OH is 1. The Balaban J connectivity index is 2.03. The lowest BCUT2D eigenvalue weighted by atomic mass is 9.94. The summed E-state index contributed by atoms with van der Waals surface area (Å²) in [6.07, 6.45) is 0. The molecule has 1 N–H and O–H groups in total. The molecule has 0 saturated carbocycles. The van der Waals surface area contributed by atoms with Crippen molar-refractivity contribution in [2.75, 3.05) is 32.8 Å². The number of amides is 1. The fourth-order valence-electron chi connectivity index (χ4n) is 4.40. The number of ether oxygens (including phenoxy) is 4. The second-order valence-corrected chi connectivity index (χ2v) is 9.03. The third kappa shape index (κ3) is 4.85. The quantitative estimate of drug-likeness (QED) is 0.205. The van der Waals surface area contributed by atoms with Gasteiger partial charge >= 0.3 is 0 Å². The van der Waals surface area contributed by atoms with Gasteiger partial charge in [-0.05, 0) is 48.9 Å². The van der Waals surface area contributed by atoms with E-state index in [0.29, 0.717) is 35.1 Å². The average Bonchev–Trinajstić information content (AvgIpc) is 3.18. The van der Waals surface area contributed by atoms with Crippen LogP contribution in [0.25, 0.3) is 5.76 Å². The molecule has 0 spiro atoms. The van der Waals surface area contributed by atoms with Gasteiger partial charge < -0.3 is 24.1 Å². The second kappa shape index (κ2) is 11.2. The Bertz CT molecular complexity index is 1440. The smallest absolute Gasteiger partial charge is 0.300 e. The number of hydrogen-bond acceptors (Lipinski definition) is 7. The summed E-state index contributed by atoms with van der Waals surface area (Å²) in [6.45, 7) is 2.18. The zero-order valence-corrected chi connectivity index (χ0v) is 22.6. The molecule has 1 unspecified atom stereocenters. The van der Waals surface area contributed by atoms with Crippen LogP contribution in [0, 0.1) is 0 Å². The van der Waals surface area contributed by atoms with E-state index in [4.69, 9.17) is 42.1 Å². The number of anilines is 1. The molecule has 1 amide bonds. The van der Waals surface area contributed by atoms with E-state index in [0.717, 1.165) is 0 Å². The Morgan fingerprint density at radius 1 is 0.947 bits per heavy atom. The van der Waals surface area contributed by atoms with Crippen molar-refractivity contribution in [3.8, 4) is 23.0 Å². The van der Waals surface area contributed by atoms with Gasteiger partial charge in [0.05, 0.1) is 50.1 Å². The van der Waals surface area contributed by atoms with Gasteiger partial charge in [0, 0.05) is 16.8 Å². The van der Waals surface area contributed by atoms with E-state index >= 15 is 0 Å². The number of carbonyl (C=O) groups is 2. The van der Waals surface area contributed by atoms with Crippen molar-refractivity contribution in [2.24, 2.45) is 0 Å². The van der Waals surface area contributed by atoms with E-state index < -0.39 is 23.5 Å². The summed E-state index contributed by atoms with van der Waals surface area (Å²) in [5, 5.41) is 11.9. The van der Waals surface area contributed by atoms with Crippen LogP contribution in [0.3, 0.4) is 0 Å². The van der Waals surface area contributed by atoms with Gasteiger partial charge in [0.1, 0.15) is 17.3 Å². The maximum absolute atomic E-state index is 13.5. The molecular formula is C28H25Cl2NO7. The third-order valence-corrected chi connectivity index (χ3v) is 6.55. The highest BCUT2D eigenvalue weighted by Gasteiger charge is 2.47. The van der Waals surface area contributed by atoms with Crippen molar-refractivity contribution < 1.29 is 33.6 Å². The molecule has 38 heavy (non-hydrogen) atoms. The molecule has 10 heteroatoms. The van der Waals surface area contributed by atoms with E-state index in [-0.39, 0.29) is 26.9 Å². The zero-order valence-electron chi connectivity index (χ0n) is 21.1. The number of methoxy groups -OCH3 is 3. The van der Waals surface area contributed by atoms with Crippen LogP contribution < -0.4 is 23.8 Å². The van der Waals surface area contributed by atoms with Crippen molar-refractivity contribution in [3.05, 3.63) is 81.3 Å². The number of benzene rings is 3. The van der Waals surface area contributed by atoms with Gasteiger partial charge in [0.15, 0.2) is 11.5 Å². The molecule has 0 aromatic heterocycles. The maximum atomic E-state index is 13.5. The fourth-order valence-corrected chi connectivity index (χ4v) is 4.97. The Hall–Kier alpha value is -3.88. The molecule has 4 rings (SSSR count). The fraction of sp³-hybridized carbons (Fsp3) is 0.214. The van der Waals surface area contributed by atoms with Crippen LogP contribution in [0.15, 0.2) is 60.2 Å². The van der Waals surface area contributed by atoms with Crippen LogP contribution in [0.5, 0.6) is 23.0 Å². The van der Waals surface area contributed by atoms with Crippen LogP contribution in [0.4, 0.5) is 5.69 Å². The molecule has 1 aliphatic heterocycles. The highest BCUT2D eigenvalue weighted by molar-refractivity contribution is 6.52. The Kier molecular flexibility index (Phi) is 8.04. The molecule has 1 fully saturated rings. The van der Waals surface area contributed by atoms with Crippen LogP contribution >= 0.6 is 23.2 Å². The SMILES string of the molecule is CCOc1cc(C2/C(=C(\O)c3cc(Cl)cc(Cl)c3OC)C(=O)C(=O)N2c2cccc(OC)c2)ccc1OC. The number of aliphatic hydroxyl groups is 1. The van der Waals surface area contributed by atoms with Crippen molar-refractivity contribution in [1.82, 2.24) is 0 Å². The molecule has 3 aromatic rings. The van der Waals surface area contributed by atoms with Crippen LogP contribution in [-0.4, -0.2) is 44.7 Å². The van der Waals surface area contributed by atoms with Crippen LogP contribution in [-0.2, 0) is 9.59 Å². The first-order chi connectivity index (χ1) is 18.2. The van der Waals surface area contributed by atoms with Crippen molar-refractivity contribution >= 4 is 46.3 Å². The number of halogens is 2. The summed E-state index contributed by atoms with van der Waals surface area (Å²) in [5.41, 5.74) is 0.768. The number of Topliss-reactive ketones (excluding diaryl/α,β-unsaturated/α-hetero) is 1. The minimum Gasteiger partial charge on any atom is -0.507 e. The van der Waals surface area contributed by atoms with Crippen molar-refractivity contribution in [3.63, 3.8) is 0 Å². The molecule has 1 aliphatic rings. The predicted octanol–water partition coefficient (Wildman–Crippen LogP) is 6.04. The first kappa shape index (κ1) is 27.2. The minimum atomic E-state index is -1.05. The Labute approximate surface area is 229 Å². The molecule has 0 radical (unpaired) electrons. The lowest BCUT2D eigenvalue weighted by Gasteiger charge is -2.26.